The van der Waals surface area contributed by atoms with Gasteiger partial charge in [0.25, 0.3) is 0 Å². The van der Waals surface area contributed by atoms with Gasteiger partial charge in [-0.15, -0.1) is 11.3 Å². The van der Waals surface area contributed by atoms with Crippen molar-refractivity contribution in [2.24, 2.45) is 0 Å². The Bertz CT molecular complexity index is 853. The Morgan fingerprint density at radius 1 is 1.21 bits per heavy atom. The van der Waals surface area contributed by atoms with Crippen molar-refractivity contribution in [2.75, 3.05) is 7.05 Å². The van der Waals surface area contributed by atoms with Crippen LogP contribution in [-0.2, 0) is 4.79 Å². The van der Waals surface area contributed by atoms with Crippen molar-refractivity contribution in [3.8, 4) is 0 Å². The fourth-order valence-corrected chi connectivity index (χ4v) is 3.25. The number of rotatable bonds is 4. The third-order valence-corrected chi connectivity index (χ3v) is 4.96. The highest BCUT2D eigenvalue weighted by molar-refractivity contribution is 7.19. The number of carbonyl (C=O) groups excluding carboxylic acids is 1. The summed E-state index contributed by atoms with van der Waals surface area (Å²) in [5, 5.41) is 0.799. The number of fused-ring (bicyclic) bond motifs is 1. The van der Waals surface area contributed by atoms with Gasteiger partial charge in [0.05, 0.1) is 16.3 Å². The molecule has 0 saturated carbocycles. The Hall–Kier alpha value is -2.53. The lowest BCUT2D eigenvalue weighted by molar-refractivity contribution is -0.126. The van der Waals surface area contributed by atoms with Crippen LogP contribution in [-0.4, -0.2) is 22.8 Å². The molecule has 0 spiro atoms. The largest absolute Gasteiger partial charge is 0.335 e. The fourth-order valence-electron chi connectivity index (χ4n) is 2.38. The third-order valence-electron chi connectivity index (χ3n) is 3.96. The van der Waals surface area contributed by atoms with Crippen LogP contribution in [0.25, 0.3) is 16.3 Å². The minimum absolute atomic E-state index is 0.119. The quantitative estimate of drug-likeness (QED) is 0.647. The number of nitrogens with zero attached hydrogens (tertiary/aromatic N) is 2. The molecule has 0 aliphatic rings. The van der Waals surface area contributed by atoms with E-state index in [1.165, 1.54) is 18.2 Å². The summed E-state index contributed by atoms with van der Waals surface area (Å²) in [5.74, 6) is -0.401. The van der Waals surface area contributed by atoms with Gasteiger partial charge in [-0.1, -0.05) is 24.3 Å². The van der Waals surface area contributed by atoms with Gasteiger partial charge in [0.2, 0.25) is 5.91 Å². The molecular formula is C19H17FN2OS. The molecule has 0 radical (unpaired) electrons. The molecule has 0 fully saturated rings. The number of benzene rings is 2. The summed E-state index contributed by atoms with van der Waals surface area (Å²) in [6.07, 6.45) is 3.26. The van der Waals surface area contributed by atoms with E-state index in [0.717, 1.165) is 20.8 Å². The van der Waals surface area contributed by atoms with Crippen molar-refractivity contribution in [3.05, 3.63) is 71.0 Å². The molecule has 3 rings (SSSR count). The summed E-state index contributed by atoms with van der Waals surface area (Å²) in [6, 6.07) is 13.9. The van der Waals surface area contributed by atoms with Crippen LogP contribution in [0.4, 0.5) is 4.39 Å². The molecule has 24 heavy (non-hydrogen) atoms. The van der Waals surface area contributed by atoms with E-state index >= 15 is 0 Å². The van der Waals surface area contributed by atoms with Crippen LogP contribution in [0, 0.1) is 5.82 Å². The Morgan fingerprint density at radius 3 is 2.62 bits per heavy atom. The minimum atomic E-state index is -0.282. The van der Waals surface area contributed by atoms with Crippen molar-refractivity contribution in [1.82, 2.24) is 9.88 Å². The molecule has 3 nitrogen and oxygen atoms in total. The lowest BCUT2D eigenvalue weighted by atomic mass is 10.1. The first kappa shape index (κ1) is 16.3. The number of aromatic nitrogens is 1. The van der Waals surface area contributed by atoms with Crippen molar-refractivity contribution < 1.29 is 9.18 Å². The molecule has 0 aliphatic carbocycles. The first-order valence-corrected chi connectivity index (χ1v) is 8.42. The average molecular weight is 340 g/mol. The van der Waals surface area contributed by atoms with Crippen molar-refractivity contribution in [3.63, 3.8) is 0 Å². The molecule has 5 heteroatoms. The molecule has 0 aliphatic heterocycles. The maximum Gasteiger partial charge on any atom is 0.246 e. The zero-order chi connectivity index (χ0) is 17.1. The van der Waals surface area contributed by atoms with Crippen LogP contribution < -0.4 is 0 Å². The maximum absolute atomic E-state index is 13.0. The fraction of sp³-hybridized carbons (Fsp3) is 0.158. The first-order valence-electron chi connectivity index (χ1n) is 7.60. The van der Waals surface area contributed by atoms with Crippen molar-refractivity contribution in [1.29, 1.82) is 0 Å². The molecule has 1 heterocycles. The van der Waals surface area contributed by atoms with Crippen LogP contribution in [0.3, 0.4) is 0 Å². The second-order valence-electron chi connectivity index (χ2n) is 5.53. The number of amides is 1. The summed E-state index contributed by atoms with van der Waals surface area (Å²) < 4.78 is 14.1. The van der Waals surface area contributed by atoms with Gasteiger partial charge >= 0.3 is 0 Å². The van der Waals surface area contributed by atoms with E-state index in [4.69, 9.17) is 0 Å². The van der Waals surface area contributed by atoms with Crippen LogP contribution in [0.1, 0.15) is 23.5 Å². The second-order valence-corrected chi connectivity index (χ2v) is 6.59. The van der Waals surface area contributed by atoms with Gasteiger partial charge in [-0.2, -0.15) is 0 Å². The molecular weight excluding hydrogens is 323 g/mol. The van der Waals surface area contributed by atoms with Crippen LogP contribution in [0.15, 0.2) is 54.6 Å². The Balaban J connectivity index is 1.72. The predicted octanol–water partition coefficient (Wildman–Crippen LogP) is 4.67. The highest BCUT2D eigenvalue weighted by Crippen LogP contribution is 2.23. The molecule has 1 atom stereocenters. The number of halogens is 1. The standard InChI is InChI=1S/C19H17FN2OS/c1-13(14-7-9-15(20)10-8-14)22(2)19(23)12-11-18-21-16-5-3-4-6-17(16)24-18/h3-13H,1-2H3/b12-11+. The maximum atomic E-state index is 13.0. The van der Waals surface area contributed by atoms with Gasteiger partial charge < -0.3 is 4.90 Å². The summed E-state index contributed by atoms with van der Waals surface area (Å²) in [4.78, 5) is 18.5. The number of para-hydroxylation sites is 1. The van der Waals surface area contributed by atoms with Gasteiger partial charge in [0.1, 0.15) is 10.8 Å². The Kier molecular flexibility index (Phi) is 4.71. The monoisotopic (exact) mass is 340 g/mol. The van der Waals surface area contributed by atoms with Crippen molar-refractivity contribution >= 4 is 33.5 Å². The summed E-state index contributed by atoms with van der Waals surface area (Å²) in [6.45, 7) is 1.91. The zero-order valence-electron chi connectivity index (χ0n) is 13.4. The van der Waals surface area contributed by atoms with Gasteiger partial charge in [0, 0.05) is 13.1 Å². The van der Waals surface area contributed by atoms with E-state index in [0.29, 0.717) is 0 Å². The van der Waals surface area contributed by atoms with Crippen LogP contribution >= 0.6 is 11.3 Å². The molecule has 0 bridgehead atoms. The SMILES string of the molecule is CC(c1ccc(F)cc1)N(C)C(=O)/C=C/c1nc2ccccc2s1. The van der Waals surface area contributed by atoms with E-state index in [1.54, 1.807) is 41.5 Å². The summed E-state index contributed by atoms with van der Waals surface area (Å²) in [5.41, 5.74) is 1.82. The number of carbonyl (C=O) groups is 1. The average Bonchev–Trinajstić information content (AvgIpc) is 3.02. The number of hydrogen-bond acceptors (Lipinski definition) is 3. The van der Waals surface area contributed by atoms with Crippen molar-refractivity contribution in [2.45, 2.75) is 13.0 Å². The molecule has 2 aromatic carbocycles. The van der Waals surface area contributed by atoms with E-state index in [2.05, 4.69) is 4.98 Å². The molecule has 0 saturated heterocycles. The molecule has 1 aromatic heterocycles. The summed E-state index contributed by atoms with van der Waals surface area (Å²) in [7, 11) is 1.74. The molecule has 122 valence electrons. The van der Waals surface area contributed by atoms with Crippen LogP contribution in [0.5, 0.6) is 0 Å². The zero-order valence-corrected chi connectivity index (χ0v) is 14.3. The summed E-state index contributed by atoms with van der Waals surface area (Å²) >= 11 is 1.55. The lowest BCUT2D eigenvalue weighted by Gasteiger charge is -2.24. The molecule has 0 N–H and O–H groups in total. The number of hydrogen-bond donors (Lipinski definition) is 0. The smallest absolute Gasteiger partial charge is 0.246 e. The highest BCUT2D eigenvalue weighted by atomic mass is 32.1. The first-order chi connectivity index (χ1) is 11.5. The third kappa shape index (κ3) is 3.51. The normalized spacial score (nSPS) is 12.6. The van der Waals surface area contributed by atoms with E-state index in [9.17, 15) is 9.18 Å². The number of likely N-dealkylation sites (N-methyl/N-ethyl adjacent to an activating group) is 1. The van der Waals surface area contributed by atoms with E-state index in [1.807, 2.05) is 31.2 Å². The second kappa shape index (κ2) is 6.93. The highest BCUT2D eigenvalue weighted by Gasteiger charge is 2.15. The molecule has 1 amide bonds. The van der Waals surface area contributed by atoms with E-state index < -0.39 is 0 Å². The van der Waals surface area contributed by atoms with Gasteiger partial charge in [-0.25, -0.2) is 9.37 Å². The van der Waals surface area contributed by atoms with Gasteiger partial charge in [0.15, 0.2) is 0 Å². The topological polar surface area (TPSA) is 33.2 Å². The minimum Gasteiger partial charge on any atom is -0.335 e. The molecule has 1 unspecified atom stereocenters. The molecule has 3 aromatic rings. The van der Waals surface area contributed by atoms with Crippen LogP contribution in [0.2, 0.25) is 0 Å². The van der Waals surface area contributed by atoms with E-state index in [-0.39, 0.29) is 17.8 Å². The van der Waals surface area contributed by atoms with Gasteiger partial charge in [-0.3, -0.25) is 4.79 Å². The Morgan fingerprint density at radius 2 is 1.92 bits per heavy atom. The Labute approximate surface area is 144 Å². The number of thiazole rings is 1. The van der Waals surface area contributed by atoms with Gasteiger partial charge in [-0.05, 0) is 42.8 Å². The predicted molar refractivity (Wildman–Crippen MR) is 96.2 cm³/mol. The lowest BCUT2D eigenvalue weighted by Crippen LogP contribution is -2.27.